The van der Waals surface area contributed by atoms with Gasteiger partial charge in [-0.25, -0.2) is 15.0 Å². The van der Waals surface area contributed by atoms with Gasteiger partial charge in [0, 0.05) is 6.20 Å². The Hall–Kier alpha value is -3.81. The van der Waals surface area contributed by atoms with E-state index < -0.39 is 17.6 Å². The number of nitrogens with one attached hydrogen (secondary N) is 1. The number of aromatic nitrogens is 4. The Morgan fingerprint density at radius 3 is 2.31 bits per heavy atom. The molecule has 3 heterocycles. The fraction of sp³-hybridized carbons (Fsp3) is 0.222. The van der Waals surface area contributed by atoms with Crippen LogP contribution in [0.15, 0.2) is 29.8 Å². The van der Waals surface area contributed by atoms with E-state index in [1.165, 1.54) is 21.1 Å². The second-order valence-electron chi connectivity index (χ2n) is 6.03. The summed E-state index contributed by atoms with van der Waals surface area (Å²) in [4.78, 5) is 28.9. The van der Waals surface area contributed by atoms with Gasteiger partial charge in [0.1, 0.15) is 12.0 Å². The highest BCUT2D eigenvalue weighted by Gasteiger charge is 2.31. The predicted octanol–water partition coefficient (Wildman–Crippen LogP) is 3.48. The van der Waals surface area contributed by atoms with E-state index in [1.807, 2.05) is 0 Å². The molecule has 0 saturated carbocycles. The van der Waals surface area contributed by atoms with E-state index in [9.17, 15) is 23.2 Å². The average Bonchev–Trinajstić information content (AvgIpc) is 3.20. The number of pyridine rings is 1. The van der Waals surface area contributed by atoms with Crippen LogP contribution in [0.4, 0.5) is 18.3 Å². The quantitative estimate of drug-likeness (QED) is 0.319. The molecule has 0 atom stereocenters. The van der Waals surface area contributed by atoms with Crippen molar-refractivity contribution >= 4 is 28.1 Å². The zero-order valence-electron chi connectivity index (χ0n) is 16.8. The molecule has 0 aliphatic heterocycles. The van der Waals surface area contributed by atoms with Crippen LogP contribution in [0.2, 0.25) is 0 Å². The number of hydrogen-bond donors (Lipinski definition) is 2. The number of anilines is 1. The van der Waals surface area contributed by atoms with Crippen molar-refractivity contribution in [1.29, 1.82) is 0 Å². The molecule has 0 aliphatic carbocycles. The number of halogens is 3. The van der Waals surface area contributed by atoms with Gasteiger partial charge in [0.05, 0.1) is 36.1 Å². The minimum Gasteiger partial charge on any atom is -0.480 e. The van der Waals surface area contributed by atoms with E-state index in [4.69, 9.17) is 9.47 Å². The van der Waals surface area contributed by atoms with Crippen molar-refractivity contribution in [2.24, 2.45) is 5.16 Å². The van der Waals surface area contributed by atoms with Crippen LogP contribution in [-0.2, 0) is 6.18 Å². The van der Waals surface area contributed by atoms with Crippen LogP contribution >= 0.6 is 11.3 Å². The lowest BCUT2D eigenvalue weighted by atomic mass is 10.2. The normalized spacial score (nSPS) is 11.9. The highest BCUT2D eigenvalue weighted by Crippen LogP contribution is 2.34. The van der Waals surface area contributed by atoms with Crippen LogP contribution in [-0.4, -0.2) is 51.0 Å². The standard InChI is InChI=1S/C18H15F3N6O4S/c1-8(27-29)13-12(10-5-4-9(6-22-10)18(19,20)21)25-17(32-13)26-14(28)11-15(30-2)23-7-24-16(11)31-3/h4-7,29H,1-3H3,(H,25,26,28)/b27-8+. The Morgan fingerprint density at radius 2 is 1.81 bits per heavy atom. The van der Waals surface area contributed by atoms with Crippen LogP contribution in [0.1, 0.15) is 27.7 Å². The predicted molar refractivity (Wildman–Crippen MR) is 107 cm³/mol. The van der Waals surface area contributed by atoms with Crippen molar-refractivity contribution < 1.29 is 32.6 Å². The number of oxime groups is 1. The minimum atomic E-state index is -4.55. The molecule has 2 N–H and O–H groups in total. The molecule has 3 aromatic heterocycles. The first-order valence-corrected chi connectivity index (χ1v) is 9.49. The van der Waals surface area contributed by atoms with Gasteiger partial charge in [0.2, 0.25) is 11.8 Å². The first-order chi connectivity index (χ1) is 15.2. The fourth-order valence-corrected chi connectivity index (χ4v) is 3.47. The largest absolute Gasteiger partial charge is 0.480 e. The maximum atomic E-state index is 12.8. The van der Waals surface area contributed by atoms with Gasteiger partial charge in [-0.15, -0.1) is 0 Å². The van der Waals surface area contributed by atoms with Crippen LogP contribution in [0.25, 0.3) is 11.4 Å². The second-order valence-corrected chi connectivity index (χ2v) is 7.03. The second kappa shape index (κ2) is 9.13. The highest BCUT2D eigenvalue weighted by molar-refractivity contribution is 7.18. The van der Waals surface area contributed by atoms with Crippen molar-refractivity contribution in [3.63, 3.8) is 0 Å². The molecular weight excluding hydrogens is 453 g/mol. The molecule has 0 spiro atoms. The fourth-order valence-electron chi connectivity index (χ4n) is 2.56. The monoisotopic (exact) mass is 468 g/mol. The summed E-state index contributed by atoms with van der Waals surface area (Å²) in [5.41, 5.74) is -0.681. The van der Waals surface area contributed by atoms with Gasteiger partial charge in [0.25, 0.3) is 5.91 Å². The molecule has 3 aromatic rings. The number of thiazole rings is 1. The maximum Gasteiger partial charge on any atom is 0.417 e. The lowest BCUT2D eigenvalue weighted by Crippen LogP contribution is -2.16. The van der Waals surface area contributed by atoms with Crippen molar-refractivity contribution in [1.82, 2.24) is 19.9 Å². The molecule has 0 saturated heterocycles. The number of methoxy groups -OCH3 is 2. The summed E-state index contributed by atoms with van der Waals surface area (Å²) >= 11 is 0.928. The topological polar surface area (TPSA) is 132 Å². The number of ether oxygens (including phenoxy) is 2. The maximum absolute atomic E-state index is 12.8. The minimum absolute atomic E-state index is 0.0381. The third-order valence-electron chi connectivity index (χ3n) is 4.05. The molecule has 1 amide bonds. The van der Waals surface area contributed by atoms with E-state index in [0.29, 0.717) is 11.1 Å². The van der Waals surface area contributed by atoms with E-state index in [1.54, 1.807) is 0 Å². The van der Waals surface area contributed by atoms with Crippen molar-refractivity contribution in [3.8, 4) is 23.1 Å². The van der Waals surface area contributed by atoms with E-state index in [0.717, 1.165) is 29.8 Å². The summed E-state index contributed by atoms with van der Waals surface area (Å²) in [6.45, 7) is 1.46. The number of carbonyl (C=O) groups excluding carboxylic acids is 1. The first-order valence-electron chi connectivity index (χ1n) is 8.67. The number of nitrogens with zero attached hydrogens (tertiary/aromatic N) is 5. The van der Waals surface area contributed by atoms with Gasteiger partial charge < -0.3 is 14.7 Å². The van der Waals surface area contributed by atoms with Crippen LogP contribution < -0.4 is 14.8 Å². The Balaban J connectivity index is 2.00. The average molecular weight is 468 g/mol. The van der Waals surface area contributed by atoms with Gasteiger partial charge in [-0.05, 0) is 19.1 Å². The molecule has 0 aliphatic rings. The molecule has 0 fully saturated rings. The molecule has 0 bridgehead atoms. The van der Waals surface area contributed by atoms with Crippen molar-refractivity contribution in [2.75, 3.05) is 19.5 Å². The summed E-state index contributed by atoms with van der Waals surface area (Å²) in [6, 6.07) is 1.99. The molecule has 168 valence electrons. The zero-order valence-corrected chi connectivity index (χ0v) is 17.6. The number of amides is 1. The molecule has 10 nitrogen and oxygen atoms in total. The summed E-state index contributed by atoms with van der Waals surface area (Å²) < 4.78 is 48.7. The smallest absolute Gasteiger partial charge is 0.417 e. The molecule has 0 aromatic carbocycles. The number of hydrogen-bond acceptors (Lipinski definition) is 10. The Bertz CT molecular complexity index is 1140. The van der Waals surface area contributed by atoms with E-state index in [2.05, 4.69) is 30.4 Å². The number of rotatable bonds is 6. The summed E-state index contributed by atoms with van der Waals surface area (Å²) in [6.07, 6.45) is -2.72. The zero-order chi connectivity index (χ0) is 23.5. The third-order valence-corrected chi connectivity index (χ3v) is 5.13. The van der Waals surface area contributed by atoms with Gasteiger partial charge in [0.15, 0.2) is 10.7 Å². The van der Waals surface area contributed by atoms with Crippen molar-refractivity contribution in [3.05, 3.63) is 40.7 Å². The molecule has 0 radical (unpaired) electrons. The molecule has 3 rings (SSSR count). The molecule has 14 heteroatoms. The summed E-state index contributed by atoms with van der Waals surface area (Å²) in [7, 11) is 2.63. The van der Waals surface area contributed by atoms with Crippen LogP contribution in [0.3, 0.4) is 0 Å². The Kier molecular flexibility index (Phi) is 6.53. The highest BCUT2D eigenvalue weighted by atomic mass is 32.1. The van der Waals surface area contributed by atoms with E-state index in [-0.39, 0.29) is 39.6 Å². The van der Waals surface area contributed by atoms with Gasteiger partial charge in [-0.2, -0.15) is 13.2 Å². The summed E-state index contributed by atoms with van der Waals surface area (Å²) in [5, 5.41) is 14.9. The number of carbonyl (C=O) groups is 1. The lowest BCUT2D eigenvalue weighted by molar-refractivity contribution is -0.137. The SMILES string of the molecule is COc1ncnc(OC)c1C(=O)Nc1nc(-c2ccc(C(F)(F)F)cn2)c(/C(C)=N/O)s1. The third kappa shape index (κ3) is 4.59. The number of alkyl halides is 3. The van der Waals surface area contributed by atoms with E-state index >= 15 is 0 Å². The van der Waals surface area contributed by atoms with Crippen LogP contribution in [0.5, 0.6) is 11.8 Å². The van der Waals surface area contributed by atoms with Crippen molar-refractivity contribution in [2.45, 2.75) is 13.1 Å². The molecular formula is C18H15F3N6O4S. The summed E-state index contributed by atoms with van der Waals surface area (Å²) in [5.74, 6) is -0.780. The first kappa shape index (κ1) is 22.9. The molecule has 0 unspecified atom stereocenters. The van der Waals surface area contributed by atoms with Gasteiger partial charge in [-0.3, -0.25) is 15.1 Å². The Morgan fingerprint density at radius 1 is 1.16 bits per heavy atom. The van der Waals surface area contributed by atoms with Gasteiger partial charge >= 0.3 is 6.18 Å². The lowest BCUT2D eigenvalue weighted by Gasteiger charge is -2.09. The Labute approximate surface area is 182 Å². The van der Waals surface area contributed by atoms with Gasteiger partial charge in [-0.1, -0.05) is 16.5 Å². The molecule has 32 heavy (non-hydrogen) atoms. The van der Waals surface area contributed by atoms with Crippen LogP contribution in [0, 0.1) is 0 Å².